The van der Waals surface area contributed by atoms with Gasteiger partial charge in [0.1, 0.15) is 0 Å². The van der Waals surface area contributed by atoms with Gasteiger partial charge >= 0.3 is 0 Å². The maximum atomic E-state index is 11.8. The SMILES string of the molecule is CSCCC(=O)NCCCCCC(=O)NCCCCC(C)CCCNCC(N)=O. The molecule has 0 aromatic heterocycles. The van der Waals surface area contributed by atoms with Crippen LogP contribution in [0.3, 0.4) is 0 Å². The molecule has 170 valence electrons. The van der Waals surface area contributed by atoms with Crippen LogP contribution in [-0.2, 0) is 14.4 Å². The maximum absolute atomic E-state index is 11.8. The first kappa shape index (κ1) is 27.7. The van der Waals surface area contributed by atoms with Gasteiger partial charge in [-0.25, -0.2) is 0 Å². The molecule has 0 heterocycles. The Morgan fingerprint density at radius 3 is 2.10 bits per heavy atom. The summed E-state index contributed by atoms with van der Waals surface area (Å²) in [7, 11) is 0. The minimum atomic E-state index is -0.314. The Kier molecular flexibility index (Phi) is 19.1. The zero-order valence-electron chi connectivity index (χ0n) is 18.4. The Labute approximate surface area is 181 Å². The summed E-state index contributed by atoms with van der Waals surface area (Å²) in [4.78, 5) is 33.9. The van der Waals surface area contributed by atoms with Gasteiger partial charge in [-0.1, -0.05) is 26.2 Å². The first-order valence-corrected chi connectivity index (χ1v) is 12.4. The molecule has 8 heteroatoms. The molecule has 0 rings (SSSR count). The van der Waals surface area contributed by atoms with E-state index in [9.17, 15) is 14.4 Å². The Morgan fingerprint density at radius 1 is 0.828 bits per heavy atom. The van der Waals surface area contributed by atoms with Crippen molar-refractivity contribution in [3.8, 4) is 0 Å². The summed E-state index contributed by atoms with van der Waals surface area (Å²) in [6.07, 6.45) is 11.4. The highest BCUT2D eigenvalue weighted by Gasteiger charge is 2.04. The van der Waals surface area contributed by atoms with E-state index in [1.807, 2.05) is 6.26 Å². The van der Waals surface area contributed by atoms with Crippen molar-refractivity contribution in [2.75, 3.05) is 38.2 Å². The summed E-state index contributed by atoms with van der Waals surface area (Å²) in [5.74, 6) is 1.45. The van der Waals surface area contributed by atoms with Crippen molar-refractivity contribution in [2.45, 2.75) is 71.1 Å². The quantitative estimate of drug-likeness (QED) is 0.221. The molecule has 0 aliphatic rings. The van der Waals surface area contributed by atoms with Gasteiger partial charge in [0.25, 0.3) is 0 Å². The lowest BCUT2D eigenvalue weighted by Gasteiger charge is -2.11. The second-order valence-corrected chi connectivity index (χ2v) is 8.63. The standard InChI is InChI=1S/C21H42N4O3S/c1-18(10-8-13-23-17-19(22)26)9-5-7-15-24-20(27)11-4-3-6-14-25-21(28)12-16-29-2/h18,23H,3-17H2,1-2H3,(H2,22,26)(H,24,27)(H,25,28). The number of nitrogens with two attached hydrogens (primary N) is 1. The molecular formula is C21H42N4O3S. The topological polar surface area (TPSA) is 113 Å². The molecule has 0 bridgehead atoms. The van der Waals surface area contributed by atoms with E-state index in [-0.39, 0.29) is 24.3 Å². The van der Waals surface area contributed by atoms with Gasteiger partial charge in [0.2, 0.25) is 17.7 Å². The van der Waals surface area contributed by atoms with Crippen molar-refractivity contribution in [2.24, 2.45) is 11.7 Å². The first-order chi connectivity index (χ1) is 14.0. The van der Waals surface area contributed by atoms with Gasteiger partial charge in [-0.3, -0.25) is 14.4 Å². The number of carbonyl (C=O) groups excluding carboxylic acids is 3. The molecule has 0 fully saturated rings. The van der Waals surface area contributed by atoms with Gasteiger partial charge in [-0.05, 0) is 50.8 Å². The molecule has 0 saturated heterocycles. The molecule has 0 radical (unpaired) electrons. The molecule has 29 heavy (non-hydrogen) atoms. The number of amides is 3. The summed E-state index contributed by atoms with van der Waals surface area (Å²) >= 11 is 1.68. The fourth-order valence-corrected chi connectivity index (χ4v) is 3.35. The fourth-order valence-electron chi connectivity index (χ4n) is 2.96. The molecule has 7 nitrogen and oxygen atoms in total. The second-order valence-electron chi connectivity index (χ2n) is 7.64. The van der Waals surface area contributed by atoms with Crippen LogP contribution in [0.5, 0.6) is 0 Å². The minimum Gasteiger partial charge on any atom is -0.369 e. The van der Waals surface area contributed by atoms with Crippen LogP contribution in [-0.4, -0.2) is 55.9 Å². The number of unbranched alkanes of at least 4 members (excludes halogenated alkanes) is 3. The smallest absolute Gasteiger partial charge is 0.231 e. The number of thioether (sulfide) groups is 1. The largest absolute Gasteiger partial charge is 0.369 e. The summed E-state index contributed by atoms with van der Waals surface area (Å²) in [5.41, 5.74) is 5.07. The van der Waals surface area contributed by atoms with Crippen LogP contribution in [0.4, 0.5) is 0 Å². The third kappa shape index (κ3) is 21.2. The van der Waals surface area contributed by atoms with E-state index in [1.54, 1.807) is 11.8 Å². The summed E-state index contributed by atoms with van der Waals surface area (Å²) in [5, 5.41) is 8.93. The Balaban J connectivity index is 3.39. The monoisotopic (exact) mass is 430 g/mol. The van der Waals surface area contributed by atoms with E-state index < -0.39 is 0 Å². The predicted octanol–water partition coefficient (Wildman–Crippen LogP) is 2.19. The van der Waals surface area contributed by atoms with E-state index >= 15 is 0 Å². The lowest BCUT2D eigenvalue weighted by atomic mass is 9.99. The maximum Gasteiger partial charge on any atom is 0.231 e. The molecule has 5 N–H and O–H groups in total. The van der Waals surface area contributed by atoms with Crippen LogP contribution in [0.2, 0.25) is 0 Å². The predicted molar refractivity (Wildman–Crippen MR) is 122 cm³/mol. The van der Waals surface area contributed by atoms with E-state index in [2.05, 4.69) is 22.9 Å². The number of primary amides is 1. The molecule has 0 spiro atoms. The van der Waals surface area contributed by atoms with E-state index in [0.717, 1.165) is 70.2 Å². The lowest BCUT2D eigenvalue weighted by molar-refractivity contribution is -0.122. The zero-order valence-corrected chi connectivity index (χ0v) is 19.2. The van der Waals surface area contributed by atoms with Crippen molar-refractivity contribution in [3.63, 3.8) is 0 Å². The Hall–Kier alpha value is -1.28. The van der Waals surface area contributed by atoms with Gasteiger partial charge in [-0.2, -0.15) is 11.8 Å². The van der Waals surface area contributed by atoms with Gasteiger partial charge < -0.3 is 21.7 Å². The van der Waals surface area contributed by atoms with Gasteiger partial charge in [0, 0.05) is 31.7 Å². The van der Waals surface area contributed by atoms with Crippen LogP contribution >= 0.6 is 11.8 Å². The van der Waals surface area contributed by atoms with E-state index in [4.69, 9.17) is 5.73 Å². The molecule has 0 aromatic carbocycles. The van der Waals surface area contributed by atoms with Crippen LogP contribution in [0, 0.1) is 5.92 Å². The Bertz CT molecular complexity index is 450. The normalized spacial score (nSPS) is 11.8. The molecule has 0 aliphatic carbocycles. The van der Waals surface area contributed by atoms with Crippen LogP contribution in [0.15, 0.2) is 0 Å². The second kappa shape index (κ2) is 20.0. The number of nitrogens with one attached hydrogen (secondary N) is 3. The molecule has 1 atom stereocenters. The minimum absolute atomic E-state index is 0.117. The molecule has 1 unspecified atom stereocenters. The van der Waals surface area contributed by atoms with Crippen LogP contribution in [0.25, 0.3) is 0 Å². The molecular weight excluding hydrogens is 388 g/mol. The highest BCUT2D eigenvalue weighted by Crippen LogP contribution is 2.13. The van der Waals surface area contributed by atoms with Crippen LogP contribution in [0.1, 0.15) is 71.1 Å². The van der Waals surface area contributed by atoms with Gasteiger partial charge in [0.05, 0.1) is 6.54 Å². The average molecular weight is 431 g/mol. The number of hydrogen-bond acceptors (Lipinski definition) is 5. The van der Waals surface area contributed by atoms with Gasteiger partial charge in [-0.15, -0.1) is 0 Å². The number of carbonyl (C=O) groups is 3. The zero-order chi connectivity index (χ0) is 21.7. The van der Waals surface area contributed by atoms with Crippen molar-refractivity contribution in [1.29, 1.82) is 0 Å². The third-order valence-electron chi connectivity index (χ3n) is 4.73. The van der Waals surface area contributed by atoms with Gasteiger partial charge in [0.15, 0.2) is 0 Å². The first-order valence-electron chi connectivity index (χ1n) is 11.0. The molecule has 0 aromatic rings. The average Bonchev–Trinajstić information content (AvgIpc) is 2.68. The third-order valence-corrected chi connectivity index (χ3v) is 5.34. The Morgan fingerprint density at radius 2 is 1.45 bits per heavy atom. The number of rotatable bonds is 20. The van der Waals surface area contributed by atoms with E-state index in [0.29, 0.717) is 25.3 Å². The lowest BCUT2D eigenvalue weighted by Crippen LogP contribution is -2.29. The van der Waals surface area contributed by atoms with Crippen molar-refractivity contribution in [3.05, 3.63) is 0 Å². The highest BCUT2D eigenvalue weighted by atomic mass is 32.2. The molecule has 0 saturated carbocycles. The summed E-state index contributed by atoms with van der Waals surface area (Å²) < 4.78 is 0. The fraction of sp³-hybridized carbons (Fsp3) is 0.857. The summed E-state index contributed by atoms with van der Waals surface area (Å²) in [6.45, 7) is 4.78. The molecule has 0 aliphatic heterocycles. The van der Waals surface area contributed by atoms with Crippen LogP contribution < -0.4 is 21.7 Å². The van der Waals surface area contributed by atoms with Crippen molar-refractivity contribution in [1.82, 2.24) is 16.0 Å². The summed E-state index contributed by atoms with van der Waals surface area (Å²) in [6, 6.07) is 0. The highest BCUT2D eigenvalue weighted by molar-refractivity contribution is 7.98. The number of hydrogen-bond donors (Lipinski definition) is 4. The van der Waals surface area contributed by atoms with E-state index in [1.165, 1.54) is 0 Å². The molecule has 3 amide bonds. The van der Waals surface area contributed by atoms with Crippen molar-refractivity contribution >= 4 is 29.5 Å². The van der Waals surface area contributed by atoms with Crippen molar-refractivity contribution < 1.29 is 14.4 Å².